The third kappa shape index (κ3) is 5.09. The lowest BCUT2D eigenvalue weighted by molar-refractivity contribution is -0.128. The smallest absolute Gasteiger partial charge is 0.233 e. The van der Waals surface area contributed by atoms with Crippen LogP contribution in [-0.4, -0.2) is 70.7 Å². The maximum absolute atomic E-state index is 14.4. The van der Waals surface area contributed by atoms with Crippen molar-refractivity contribution in [3.05, 3.63) is 29.6 Å². The van der Waals surface area contributed by atoms with E-state index in [1.165, 1.54) is 43.0 Å². The second-order valence-corrected chi connectivity index (χ2v) is 10.0. The van der Waals surface area contributed by atoms with Gasteiger partial charge < -0.3 is 9.80 Å². The first-order valence-corrected chi connectivity index (χ1v) is 12.2. The number of thioether (sulfide) groups is 1. The zero-order valence-corrected chi connectivity index (χ0v) is 19.5. The van der Waals surface area contributed by atoms with Gasteiger partial charge in [-0.25, -0.2) is 4.39 Å². The Bertz CT molecular complexity index is 1030. The van der Waals surface area contributed by atoms with Crippen LogP contribution in [0.25, 0.3) is 0 Å². The van der Waals surface area contributed by atoms with E-state index in [0.717, 1.165) is 12.8 Å². The first-order valence-electron chi connectivity index (χ1n) is 10.4. The second kappa shape index (κ2) is 9.53. The van der Waals surface area contributed by atoms with Crippen molar-refractivity contribution in [2.24, 2.45) is 0 Å². The molecule has 2 aromatic rings. The third-order valence-electron chi connectivity index (χ3n) is 5.50. The first-order chi connectivity index (χ1) is 15.3. The lowest BCUT2D eigenvalue weighted by Gasteiger charge is -2.36. The fraction of sp³-hybridized carbons (Fsp3) is 0.476. The number of Topliss-reactive ketones (excluding diaryl/α,β-unsaturated/α-hetero) is 1. The molecule has 1 aromatic carbocycles. The Morgan fingerprint density at radius 1 is 1.16 bits per heavy atom. The van der Waals surface area contributed by atoms with E-state index in [-0.39, 0.29) is 29.4 Å². The Balaban J connectivity index is 1.28. The fourth-order valence-electron chi connectivity index (χ4n) is 3.63. The summed E-state index contributed by atoms with van der Waals surface area (Å²) < 4.78 is 15.1. The number of carbonyl (C=O) groups excluding carboxylic acids is 3. The Hall–Kier alpha value is -2.53. The van der Waals surface area contributed by atoms with Gasteiger partial charge in [0.1, 0.15) is 5.82 Å². The average Bonchev–Trinajstić information content (AvgIpc) is 3.49. The standard InChI is InChI=1S/C21H24FN5O3S2/c1-13(28)15-3-6-18(17(22)11-15)25-7-9-26(10-8-25)19(30)12-31-21-24-23-20(32-21)27(14(2)29)16-4-5-16/h3,6,11,16H,4-5,7-10,12H2,1-2H3. The summed E-state index contributed by atoms with van der Waals surface area (Å²) in [5, 5.41) is 8.83. The van der Waals surface area contributed by atoms with Crippen LogP contribution in [0.1, 0.15) is 37.0 Å². The van der Waals surface area contributed by atoms with Crippen LogP contribution in [0.4, 0.5) is 15.2 Å². The van der Waals surface area contributed by atoms with E-state index in [1.54, 1.807) is 21.9 Å². The SMILES string of the molecule is CC(=O)c1ccc(N2CCN(C(=O)CSc3nnc(N(C(C)=O)C4CC4)s3)CC2)c(F)c1. The molecule has 1 saturated heterocycles. The quantitative estimate of drug-likeness (QED) is 0.344. The molecule has 11 heteroatoms. The first kappa shape index (κ1) is 22.7. The van der Waals surface area contributed by atoms with E-state index in [1.807, 2.05) is 4.90 Å². The predicted molar refractivity (Wildman–Crippen MR) is 122 cm³/mol. The van der Waals surface area contributed by atoms with Crippen LogP contribution in [-0.2, 0) is 9.59 Å². The van der Waals surface area contributed by atoms with Crippen molar-refractivity contribution in [1.29, 1.82) is 0 Å². The normalized spacial score (nSPS) is 16.2. The molecule has 0 N–H and O–H groups in total. The molecule has 2 amide bonds. The number of halogens is 1. The molecule has 2 aliphatic rings. The third-order valence-corrected chi connectivity index (χ3v) is 7.54. The number of hydrogen-bond donors (Lipinski definition) is 0. The van der Waals surface area contributed by atoms with Crippen molar-refractivity contribution < 1.29 is 18.8 Å². The van der Waals surface area contributed by atoms with Gasteiger partial charge in [-0.1, -0.05) is 23.1 Å². The van der Waals surface area contributed by atoms with E-state index in [4.69, 9.17) is 0 Å². The summed E-state index contributed by atoms with van der Waals surface area (Å²) in [6.07, 6.45) is 1.97. The van der Waals surface area contributed by atoms with Crippen molar-refractivity contribution in [1.82, 2.24) is 15.1 Å². The molecule has 8 nitrogen and oxygen atoms in total. The molecule has 0 radical (unpaired) electrons. The predicted octanol–water partition coefficient (Wildman–Crippen LogP) is 2.84. The summed E-state index contributed by atoms with van der Waals surface area (Å²) in [6, 6.07) is 4.73. The highest BCUT2D eigenvalue weighted by Gasteiger charge is 2.34. The molecule has 1 aliphatic heterocycles. The molecule has 0 unspecified atom stereocenters. The molecule has 1 aromatic heterocycles. The zero-order chi connectivity index (χ0) is 22.8. The van der Waals surface area contributed by atoms with E-state index < -0.39 is 5.82 Å². The van der Waals surface area contributed by atoms with Crippen LogP contribution in [0, 0.1) is 5.82 Å². The minimum absolute atomic E-state index is 0.00980. The number of ketones is 1. The number of aromatic nitrogens is 2. The maximum atomic E-state index is 14.4. The molecule has 1 aliphatic carbocycles. The van der Waals surface area contributed by atoms with Crippen LogP contribution in [0.15, 0.2) is 22.5 Å². The number of amides is 2. The average molecular weight is 478 g/mol. The van der Waals surface area contributed by atoms with Crippen LogP contribution in [0.3, 0.4) is 0 Å². The summed E-state index contributed by atoms with van der Waals surface area (Å²) in [7, 11) is 0. The molecule has 2 heterocycles. The molecular weight excluding hydrogens is 453 g/mol. The summed E-state index contributed by atoms with van der Waals surface area (Å²) >= 11 is 2.65. The topological polar surface area (TPSA) is 86.7 Å². The van der Waals surface area contributed by atoms with E-state index in [9.17, 15) is 18.8 Å². The van der Waals surface area contributed by atoms with Crippen molar-refractivity contribution in [3.8, 4) is 0 Å². The second-order valence-electron chi connectivity index (χ2n) is 7.85. The highest BCUT2D eigenvalue weighted by molar-refractivity contribution is 8.01. The summed E-state index contributed by atoms with van der Waals surface area (Å²) in [4.78, 5) is 41.2. The number of carbonyl (C=O) groups is 3. The number of hydrogen-bond acceptors (Lipinski definition) is 8. The number of rotatable bonds is 7. The van der Waals surface area contributed by atoms with Gasteiger partial charge in [-0.15, -0.1) is 10.2 Å². The van der Waals surface area contributed by atoms with Crippen LogP contribution >= 0.6 is 23.1 Å². The monoisotopic (exact) mass is 477 g/mol. The largest absolute Gasteiger partial charge is 0.366 e. The van der Waals surface area contributed by atoms with Gasteiger partial charge in [-0.05, 0) is 38.0 Å². The van der Waals surface area contributed by atoms with E-state index in [0.29, 0.717) is 46.9 Å². The summed E-state index contributed by atoms with van der Waals surface area (Å²) in [6.45, 7) is 4.96. The van der Waals surface area contributed by atoms with Gasteiger partial charge in [0.15, 0.2) is 10.1 Å². The molecule has 0 atom stereocenters. The highest BCUT2D eigenvalue weighted by atomic mass is 32.2. The van der Waals surface area contributed by atoms with Crippen LogP contribution in [0.5, 0.6) is 0 Å². The fourth-order valence-corrected chi connectivity index (χ4v) is 5.49. The Kier molecular flexibility index (Phi) is 6.75. The molecule has 32 heavy (non-hydrogen) atoms. The minimum Gasteiger partial charge on any atom is -0.366 e. The number of anilines is 2. The van der Waals surface area contributed by atoms with E-state index in [2.05, 4.69) is 10.2 Å². The van der Waals surface area contributed by atoms with Crippen LogP contribution < -0.4 is 9.80 Å². The molecule has 0 bridgehead atoms. The molecule has 2 fully saturated rings. The molecule has 170 valence electrons. The Morgan fingerprint density at radius 3 is 2.47 bits per heavy atom. The van der Waals surface area contributed by atoms with Gasteiger partial charge in [-0.2, -0.15) is 0 Å². The van der Waals surface area contributed by atoms with Crippen molar-refractivity contribution in [2.75, 3.05) is 41.7 Å². The van der Waals surface area contributed by atoms with Gasteiger partial charge >= 0.3 is 0 Å². The molecule has 4 rings (SSSR count). The van der Waals surface area contributed by atoms with Crippen molar-refractivity contribution >= 4 is 51.5 Å². The Morgan fingerprint density at radius 2 is 1.88 bits per heavy atom. The number of piperazine rings is 1. The lowest BCUT2D eigenvalue weighted by Crippen LogP contribution is -2.49. The van der Waals surface area contributed by atoms with Gasteiger partial charge in [0, 0.05) is 44.7 Å². The van der Waals surface area contributed by atoms with Gasteiger partial charge in [0.05, 0.1) is 11.4 Å². The van der Waals surface area contributed by atoms with Crippen LogP contribution in [0.2, 0.25) is 0 Å². The summed E-state index contributed by atoms with van der Waals surface area (Å²) in [5.41, 5.74) is 0.795. The van der Waals surface area contributed by atoms with Gasteiger partial charge in [0.2, 0.25) is 16.9 Å². The highest BCUT2D eigenvalue weighted by Crippen LogP contribution is 2.35. The minimum atomic E-state index is -0.425. The van der Waals surface area contributed by atoms with Crippen molar-refractivity contribution in [2.45, 2.75) is 37.1 Å². The zero-order valence-electron chi connectivity index (χ0n) is 17.9. The maximum Gasteiger partial charge on any atom is 0.233 e. The summed E-state index contributed by atoms with van der Waals surface area (Å²) in [5.74, 6) is -0.413. The molecule has 0 spiro atoms. The lowest BCUT2D eigenvalue weighted by atomic mass is 10.1. The Labute approximate surface area is 193 Å². The molecule has 1 saturated carbocycles. The van der Waals surface area contributed by atoms with E-state index >= 15 is 0 Å². The van der Waals surface area contributed by atoms with Crippen molar-refractivity contribution in [3.63, 3.8) is 0 Å². The number of benzene rings is 1. The molecular formula is C21H24FN5O3S2. The number of nitrogens with zero attached hydrogens (tertiary/aromatic N) is 5. The van der Waals surface area contributed by atoms with Gasteiger partial charge in [-0.3, -0.25) is 19.3 Å². The van der Waals surface area contributed by atoms with Gasteiger partial charge in [0.25, 0.3) is 0 Å².